The number of hydrogen-bond acceptors (Lipinski definition) is 3. The molecule has 2 N–H and O–H groups in total. The monoisotopic (exact) mass is 371 g/mol. The Balaban J connectivity index is 1.86. The fourth-order valence-corrected chi connectivity index (χ4v) is 2.76. The van der Waals surface area contributed by atoms with Gasteiger partial charge in [-0.05, 0) is 36.4 Å². The number of nitrogens with one attached hydrogen (secondary N) is 2. The van der Waals surface area contributed by atoms with Crippen molar-refractivity contribution in [3.8, 4) is 5.75 Å². The van der Waals surface area contributed by atoms with Gasteiger partial charge in [-0.15, -0.1) is 0 Å². The van der Waals surface area contributed by atoms with Crippen molar-refractivity contribution in [2.24, 2.45) is 0 Å². The third-order valence-electron chi connectivity index (χ3n) is 3.94. The average molecular weight is 372 g/mol. The lowest BCUT2D eigenvalue weighted by molar-refractivity contribution is 0.0827. The molecule has 0 unspecified atom stereocenters. The van der Waals surface area contributed by atoms with Crippen molar-refractivity contribution < 1.29 is 14.3 Å². The van der Waals surface area contributed by atoms with Crippen LogP contribution in [0.3, 0.4) is 0 Å². The zero-order valence-corrected chi connectivity index (χ0v) is 15.3. The zero-order valence-electron chi connectivity index (χ0n) is 14.6. The van der Waals surface area contributed by atoms with Crippen molar-refractivity contribution in [2.45, 2.75) is 0 Å². The van der Waals surface area contributed by atoms with Gasteiger partial charge < -0.3 is 19.9 Å². The van der Waals surface area contributed by atoms with Crippen LogP contribution >= 0.6 is 11.6 Å². The maximum atomic E-state index is 12.5. The summed E-state index contributed by atoms with van der Waals surface area (Å²) in [5, 5.41) is 4.01. The van der Waals surface area contributed by atoms with Gasteiger partial charge in [0.1, 0.15) is 11.4 Å². The van der Waals surface area contributed by atoms with Gasteiger partial charge in [0.2, 0.25) is 0 Å². The number of hydrogen-bond donors (Lipinski definition) is 2. The van der Waals surface area contributed by atoms with Crippen molar-refractivity contribution >= 4 is 40.0 Å². The Morgan fingerprint density at radius 2 is 1.88 bits per heavy atom. The van der Waals surface area contributed by atoms with Crippen LogP contribution < -0.4 is 10.1 Å². The van der Waals surface area contributed by atoms with Crippen molar-refractivity contribution in [3.05, 3.63) is 58.7 Å². The van der Waals surface area contributed by atoms with E-state index >= 15 is 0 Å². The van der Waals surface area contributed by atoms with Gasteiger partial charge in [-0.2, -0.15) is 0 Å². The highest BCUT2D eigenvalue weighted by Gasteiger charge is 2.15. The van der Waals surface area contributed by atoms with Crippen LogP contribution in [0.5, 0.6) is 5.75 Å². The third-order valence-corrected chi connectivity index (χ3v) is 4.26. The first-order chi connectivity index (χ1) is 12.4. The number of benzene rings is 2. The lowest BCUT2D eigenvalue weighted by Gasteiger charge is -2.13. The summed E-state index contributed by atoms with van der Waals surface area (Å²) in [6, 6.07) is 12.1. The number of amides is 2. The van der Waals surface area contributed by atoms with Crippen LogP contribution in [0.1, 0.15) is 20.8 Å². The van der Waals surface area contributed by atoms with Gasteiger partial charge in [0.25, 0.3) is 11.8 Å². The van der Waals surface area contributed by atoms with E-state index in [2.05, 4.69) is 10.3 Å². The molecule has 0 atom stereocenters. The maximum Gasteiger partial charge on any atom is 0.272 e. The second kappa shape index (κ2) is 7.09. The number of anilines is 1. The van der Waals surface area contributed by atoms with Crippen molar-refractivity contribution in [2.75, 3.05) is 26.5 Å². The molecule has 2 amide bonds. The van der Waals surface area contributed by atoms with E-state index in [-0.39, 0.29) is 11.8 Å². The molecular weight excluding hydrogens is 354 g/mol. The Hall–Kier alpha value is -2.99. The van der Waals surface area contributed by atoms with E-state index in [4.69, 9.17) is 16.3 Å². The van der Waals surface area contributed by atoms with E-state index in [0.717, 1.165) is 10.9 Å². The SMILES string of the molecule is COc1ccc2cc(C(=O)Nc3ccc(Cl)c(C(=O)N(C)C)c3)[nH]c2c1. The summed E-state index contributed by atoms with van der Waals surface area (Å²) in [4.78, 5) is 29.2. The highest BCUT2D eigenvalue weighted by Crippen LogP contribution is 2.24. The van der Waals surface area contributed by atoms with Gasteiger partial charge in [0.05, 0.1) is 17.7 Å². The summed E-state index contributed by atoms with van der Waals surface area (Å²) in [7, 11) is 4.87. The number of nitrogens with zero attached hydrogens (tertiary/aromatic N) is 1. The summed E-state index contributed by atoms with van der Waals surface area (Å²) < 4.78 is 5.18. The normalized spacial score (nSPS) is 10.6. The summed E-state index contributed by atoms with van der Waals surface area (Å²) >= 11 is 6.09. The second-order valence-electron chi connectivity index (χ2n) is 5.98. The number of carbonyl (C=O) groups excluding carboxylic acids is 2. The smallest absolute Gasteiger partial charge is 0.272 e. The van der Waals surface area contributed by atoms with Gasteiger partial charge in [-0.25, -0.2) is 0 Å². The van der Waals surface area contributed by atoms with Crippen molar-refractivity contribution in [1.29, 1.82) is 0 Å². The lowest BCUT2D eigenvalue weighted by atomic mass is 10.1. The number of carbonyl (C=O) groups is 2. The number of aromatic amines is 1. The second-order valence-corrected chi connectivity index (χ2v) is 6.39. The standard InChI is InChI=1S/C19H18ClN3O3/c1-23(2)19(25)14-9-12(5-7-15(14)20)21-18(24)17-8-11-4-6-13(26-3)10-16(11)22-17/h4-10,22H,1-3H3,(H,21,24). The molecule has 0 aliphatic rings. The van der Waals surface area contributed by atoms with Crippen LogP contribution in [0.15, 0.2) is 42.5 Å². The van der Waals surface area contributed by atoms with Crippen LogP contribution in [0.4, 0.5) is 5.69 Å². The van der Waals surface area contributed by atoms with Crippen LogP contribution in [-0.2, 0) is 0 Å². The van der Waals surface area contributed by atoms with Crippen LogP contribution in [0.2, 0.25) is 5.02 Å². The lowest BCUT2D eigenvalue weighted by Crippen LogP contribution is -2.22. The molecular formula is C19H18ClN3O3. The minimum atomic E-state index is -0.314. The number of aromatic nitrogens is 1. The number of halogens is 1. The van der Waals surface area contributed by atoms with Crippen LogP contribution in [0, 0.1) is 0 Å². The first-order valence-electron chi connectivity index (χ1n) is 7.88. The molecule has 0 radical (unpaired) electrons. The Kier molecular flexibility index (Phi) is 4.86. The quantitative estimate of drug-likeness (QED) is 0.732. The number of ether oxygens (including phenoxy) is 1. The molecule has 0 bridgehead atoms. The Labute approximate surface area is 155 Å². The topological polar surface area (TPSA) is 74.4 Å². The Bertz CT molecular complexity index is 995. The predicted molar refractivity (Wildman–Crippen MR) is 102 cm³/mol. The molecule has 0 saturated carbocycles. The van der Waals surface area contributed by atoms with Crippen molar-refractivity contribution in [3.63, 3.8) is 0 Å². The van der Waals surface area contributed by atoms with E-state index in [9.17, 15) is 9.59 Å². The molecule has 3 aromatic rings. The number of H-pyrrole nitrogens is 1. The molecule has 0 aliphatic carbocycles. The summed E-state index contributed by atoms with van der Waals surface area (Å²) in [5.41, 5.74) is 2.02. The molecule has 3 rings (SSSR count). The van der Waals surface area contributed by atoms with E-state index in [1.165, 1.54) is 4.90 Å². The highest BCUT2D eigenvalue weighted by molar-refractivity contribution is 6.34. The van der Waals surface area contributed by atoms with Gasteiger partial charge >= 0.3 is 0 Å². The van der Waals surface area contributed by atoms with Gasteiger partial charge in [0, 0.05) is 36.8 Å². The maximum absolute atomic E-state index is 12.5. The number of methoxy groups -OCH3 is 1. The predicted octanol–water partition coefficient (Wildman–Crippen LogP) is 3.78. The molecule has 26 heavy (non-hydrogen) atoms. The van der Waals surface area contributed by atoms with Crippen LogP contribution in [0.25, 0.3) is 10.9 Å². The largest absolute Gasteiger partial charge is 0.497 e. The minimum absolute atomic E-state index is 0.233. The molecule has 0 spiro atoms. The minimum Gasteiger partial charge on any atom is -0.497 e. The number of fused-ring (bicyclic) bond motifs is 1. The Morgan fingerprint density at radius 3 is 2.58 bits per heavy atom. The van der Waals surface area contributed by atoms with Gasteiger partial charge in [0.15, 0.2) is 0 Å². The first kappa shape index (κ1) is 17.8. The summed E-state index contributed by atoms with van der Waals surface area (Å²) in [6.45, 7) is 0. The molecule has 2 aromatic carbocycles. The molecule has 6 nitrogen and oxygen atoms in total. The number of rotatable bonds is 4. The Morgan fingerprint density at radius 1 is 1.12 bits per heavy atom. The van der Waals surface area contributed by atoms with E-state index in [1.807, 2.05) is 18.2 Å². The van der Waals surface area contributed by atoms with E-state index in [1.54, 1.807) is 45.5 Å². The van der Waals surface area contributed by atoms with E-state index < -0.39 is 0 Å². The average Bonchev–Trinajstić information content (AvgIpc) is 3.05. The molecule has 0 fully saturated rings. The molecule has 1 aromatic heterocycles. The van der Waals surface area contributed by atoms with Gasteiger partial charge in [-0.1, -0.05) is 11.6 Å². The first-order valence-corrected chi connectivity index (χ1v) is 8.26. The van der Waals surface area contributed by atoms with Gasteiger partial charge in [-0.3, -0.25) is 9.59 Å². The fourth-order valence-electron chi connectivity index (χ4n) is 2.56. The third kappa shape index (κ3) is 3.50. The zero-order chi connectivity index (χ0) is 18.8. The van der Waals surface area contributed by atoms with Crippen LogP contribution in [-0.4, -0.2) is 42.9 Å². The molecule has 1 heterocycles. The highest BCUT2D eigenvalue weighted by atomic mass is 35.5. The van der Waals surface area contributed by atoms with E-state index in [0.29, 0.717) is 27.7 Å². The summed E-state index contributed by atoms with van der Waals surface area (Å²) in [5.74, 6) is 0.158. The van der Waals surface area contributed by atoms with Crippen molar-refractivity contribution in [1.82, 2.24) is 9.88 Å². The molecule has 0 saturated heterocycles. The molecule has 134 valence electrons. The fraction of sp³-hybridized carbons (Fsp3) is 0.158. The molecule has 0 aliphatic heterocycles. The molecule has 7 heteroatoms. The summed E-state index contributed by atoms with van der Waals surface area (Å²) in [6.07, 6.45) is 0.